The number of aryl methyl sites for hydroxylation is 1. The van der Waals surface area contributed by atoms with E-state index < -0.39 is 5.60 Å². The SMILES string of the molecule is Cc1c(CNC(=O)N2CCCC(O)(CN(C)C)C2)cnn1C. The molecule has 1 aromatic rings. The highest BCUT2D eigenvalue weighted by Gasteiger charge is 2.35. The first-order chi connectivity index (χ1) is 10.3. The van der Waals surface area contributed by atoms with Gasteiger partial charge in [0.2, 0.25) is 0 Å². The van der Waals surface area contributed by atoms with E-state index in [2.05, 4.69) is 10.4 Å². The highest BCUT2D eigenvalue weighted by Crippen LogP contribution is 2.22. The van der Waals surface area contributed by atoms with Crippen LogP contribution in [0.2, 0.25) is 0 Å². The maximum atomic E-state index is 12.3. The Morgan fingerprint density at radius 3 is 2.86 bits per heavy atom. The van der Waals surface area contributed by atoms with Crippen molar-refractivity contribution in [3.8, 4) is 0 Å². The Labute approximate surface area is 131 Å². The van der Waals surface area contributed by atoms with E-state index in [9.17, 15) is 9.90 Å². The second-order valence-corrected chi connectivity index (χ2v) is 6.52. The first kappa shape index (κ1) is 16.8. The Morgan fingerprint density at radius 2 is 2.27 bits per heavy atom. The number of nitrogens with zero attached hydrogens (tertiary/aromatic N) is 4. The number of likely N-dealkylation sites (tertiary alicyclic amines) is 1. The van der Waals surface area contributed by atoms with Gasteiger partial charge in [0.15, 0.2) is 0 Å². The Morgan fingerprint density at radius 1 is 1.55 bits per heavy atom. The van der Waals surface area contributed by atoms with Crippen LogP contribution >= 0.6 is 0 Å². The minimum absolute atomic E-state index is 0.125. The average molecular weight is 309 g/mol. The number of likely N-dealkylation sites (N-methyl/N-ethyl adjacent to an activating group) is 1. The highest BCUT2D eigenvalue weighted by atomic mass is 16.3. The molecular formula is C15H27N5O2. The molecule has 2 rings (SSSR count). The van der Waals surface area contributed by atoms with Crippen molar-refractivity contribution in [2.75, 3.05) is 33.7 Å². The van der Waals surface area contributed by atoms with Crippen LogP contribution in [0.3, 0.4) is 0 Å². The van der Waals surface area contributed by atoms with Crippen molar-refractivity contribution >= 4 is 6.03 Å². The molecule has 0 aromatic carbocycles. The van der Waals surface area contributed by atoms with Gasteiger partial charge in [0.05, 0.1) is 18.3 Å². The third-order valence-corrected chi connectivity index (χ3v) is 4.22. The van der Waals surface area contributed by atoms with E-state index in [0.717, 1.165) is 24.1 Å². The second kappa shape index (κ2) is 6.66. The number of carbonyl (C=O) groups excluding carboxylic acids is 1. The van der Waals surface area contributed by atoms with Crippen LogP contribution in [0.25, 0.3) is 0 Å². The maximum Gasteiger partial charge on any atom is 0.317 e. The van der Waals surface area contributed by atoms with Gasteiger partial charge in [-0.05, 0) is 33.9 Å². The van der Waals surface area contributed by atoms with Gasteiger partial charge in [0, 0.05) is 37.9 Å². The second-order valence-electron chi connectivity index (χ2n) is 6.52. The summed E-state index contributed by atoms with van der Waals surface area (Å²) in [5.41, 5.74) is 1.24. The van der Waals surface area contributed by atoms with Crippen LogP contribution in [0.5, 0.6) is 0 Å². The summed E-state index contributed by atoms with van der Waals surface area (Å²) in [7, 11) is 5.75. The third-order valence-electron chi connectivity index (χ3n) is 4.22. The van der Waals surface area contributed by atoms with Gasteiger partial charge in [-0.1, -0.05) is 0 Å². The molecule has 1 unspecified atom stereocenters. The molecule has 2 N–H and O–H groups in total. The van der Waals surface area contributed by atoms with Gasteiger partial charge in [0.1, 0.15) is 0 Å². The molecule has 2 amide bonds. The Balaban J connectivity index is 1.90. The summed E-state index contributed by atoms with van der Waals surface area (Å²) in [4.78, 5) is 16.0. The van der Waals surface area contributed by atoms with Gasteiger partial charge in [-0.2, -0.15) is 5.10 Å². The minimum atomic E-state index is -0.816. The van der Waals surface area contributed by atoms with Crippen molar-refractivity contribution in [2.24, 2.45) is 7.05 Å². The van der Waals surface area contributed by atoms with Gasteiger partial charge in [-0.15, -0.1) is 0 Å². The fourth-order valence-electron chi connectivity index (χ4n) is 3.00. The zero-order valence-corrected chi connectivity index (χ0v) is 14.0. The molecular weight excluding hydrogens is 282 g/mol. The molecule has 1 aliphatic heterocycles. The average Bonchev–Trinajstić information content (AvgIpc) is 2.75. The van der Waals surface area contributed by atoms with Gasteiger partial charge in [-0.3, -0.25) is 4.68 Å². The highest BCUT2D eigenvalue weighted by molar-refractivity contribution is 5.74. The molecule has 22 heavy (non-hydrogen) atoms. The molecule has 0 bridgehead atoms. The summed E-state index contributed by atoms with van der Waals surface area (Å²) in [6.45, 7) is 4.07. The number of aliphatic hydroxyl groups is 1. The molecule has 1 aliphatic rings. The maximum absolute atomic E-state index is 12.3. The number of β-amino-alcohol motifs (C(OH)–C–C–N with tert-alkyl or cyclic N) is 1. The lowest BCUT2D eigenvalue weighted by atomic mass is 9.92. The molecule has 1 saturated heterocycles. The molecule has 0 spiro atoms. The van der Waals surface area contributed by atoms with Crippen LogP contribution in [0.1, 0.15) is 24.1 Å². The fourth-order valence-corrected chi connectivity index (χ4v) is 3.00. The van der Waals surface area contributed by atoms with Crippen LogP contribution in [0, 0.1) is 6.92 Å². The van der Waals surface area contributed by atoms with Crippen molar-refractivity contribution in [2.45, 2.75) is 31.9 Å². The molecule has 1 aromatic heterocycles. The van der Waals surface area contributed by atoms with Gasteiger partial charge in [-0.25, -0.2) is 4.79 Å². The van der Waals surface area contributed by atoms with Crippen LogP contribution in [0.15, 0.2) is 6.20 Å². The zero-order valence-electron chi connectivity index (χ0n) is 14.0. The predicted molar refractivity (Wildman–Crippen MR) is 84.5 cm³/mol. The predicted octanol–water partition coefficient (Wildman–Crippen LogP) is 0.327. The fraction of sp³-hybridized carbons (Fsp3) is 0.733. The lowest BCUT2D eigenvalue weighted by Crippen LogP contribution is -2.56. The summed E-state index contributed by atoms with van der Waals surface area (Å²) in [6, 6.07) is -0.125. The normalized spacial score (nSPS) is 22.2. The lowest BCUT2D eigenvalue weighted by Gasteiger charge is -2.40. The molecule has 124 valence electrons. The number of hydrogen-bond acceptors (Lipinski definition) is 4. The first-order valence-electron chi connectivity index (χ1n) is 7.68. The Kier molecular flexibility index (Phi) is 5.08. The van der Waals surface area contributed by atoms with Crippen molar-refractivity contribution in [3.63, 3.8) is 0 Å². The molecule has 7 nitrogen and oxygen atoms in total. The van der Waals surface area contributed by atoms with Crippen LogP contribution < -0.4 is 5.32 Å². The smallest absolute Gasteiger partial charge is 0.317 e. The molecule has 1 fully saturated rings. The summed E-state index contributed by atoms with van der Waals surface area (Å²) >= 11 is 0. The third kappa shape index (κ3) is 3.98. The monoisotopic (exact) mass is 309 g/mol. The number of urea groups is 1. The topological polar surface area (TPSA) is 73.6 Å². The van der Waals surface area contributed by atoms with Crippen molar-refractivity contribution in [1.29, 1.82) is 0 Å². The van der Waals surface area contributed by atoms with Gasteiger partial charge in [0.25, 0.3) is 0 Å². The quantitative estimate of drug-likeness (QED) is 0.840. The molecule has 1 atom stereocenters. The van der Waals surface area contributed by atoms with Gasteiger partial charge < -0.3 is 20.2 Å². The number of amides is 2. The van der Waals surface area contributed by atoms with E-state index in [1.54, 1.807) is 15.8 Å². The standard InChI is InChI=1S/C15H27N5O2/c1-12-13(9-17-19(12)4)8-16-14(21)20-7-5-6-15(22,11-20)10-18(2)3/h9,22H,5-8,10-11H2,1-4H3,(H,16,21). The molecule has 2 heterocycles. The summed E-state index contributed by atoms with van der Waals surface area (Å²) in [5, 5.41) is 17.7. The number of piperidine rings is 1. The molecule has 7 heteroatoms. The number of rotatable bonds is 4. The van der Waals surface area contributed by atoms with E-state index in [1.165, 1.54) is 0 Å². The van der Waals surface area contributed by atoms with E-state index >= 15 is 0 Å². The molecule has 0 saturated carbocycles. The largest absolute Gasteiger partial charge is 0.387 e. The van der Waals surface area contributed by atoms with Crippen molar-refractivity contribution in [1.82, 2.24) is 24.9 Å². The first-order valence-corrected chi connectivity index (χ1v) is 7.68. The summed E-state index contributed by atoms with van der Waals surface area (Å²) < 4.78 is 1.79. The van der Waals surface area contributed by atoms with Crippen LogP contribution in [-0.4, -0.2) is 70.0 Å². The number of nitrogens with one attached hydrogen (secondary N) is 1. The van der Waals surface area contributed by atoms with Crippen LogP contribution in [-0.2, 0) is 13.6 Å². The molecule has 0 radical (unpaired) electrons. The van der Waals surface area contributed by atoms with Crippen molar-refractivity contribution < 1.29 is 9.90 Å². The van der Waals surface area contributed by atoms with Crippen LogP contribution in [0.4, 0.5) is 4.79 Å². The zero-order chi connectivity index (χ0) is 16.3. The van der Waals surface area contributed by atoms with E-state index in [-0.39, 0.29) is 6.03 Å². The van der Waals surface area contributed by atoms with E-state index in [4.69, 9.17) is 0 Å². The summed E-state index contributed by atoms with van der Waals surface area (Å²) in [5.74, 6) is 0. The van der Waals surface area contributed by atoms with Gasteiger partial charge >= 0.3 is 6.03 Å². The Bertz CT molecular complexity index is 528. The number of hydrogen-bond donors (Lipinski definition) is 2. The Hall–Kier alpha value is -1.60. The molecule has 0 aliphatic carbocycles. The minimum Gasteiger partial charge on any atom is -0.387 e. The van der Waals surface area contributed by atoms with Crippen molar-refractivity contribution in [3.05, 3.63) is 17.5 Å². The number of carbonyl (C=O) groups is 1. The summed E-state index contributed by atoms with van der Waals surface area (Å²) in [6.07, 6.45) is 3.33. The number of aromatic nitrogens is 2. The van der Waals surface area contributed by atoms with E-state index in [1.807, 2.05) is 33.0 Å². The van der Waals surface area contributed by atoms with E-state index in [0.29, 0.717) is 26.2 Å². The lowest BCUT2D eigenvalue weighted by molar-refractivity contribution is -0.0347.